The Bertz CT molecular complexity index is 726. The number of carbonyl (C=O) groups excluding carboxylic acids is 2. The summed E-state index contributed by atoms with van der Waals surface area (Å²) in [7, 11) is 0. The molecule has 2 aromatic heterocycles. The van der Waals surface area contributed by atoms with Crippen LogP contribution in [0.2, 0.25) is 0 Å². The first-order valence-corrected chi connectivity index (χ1v) is 10.1. The largest absolute Gasteiger partial charge is 0.462 e. The fraction of sp³-hybridized carbons (Fsp3) is 0.474. The van der Waals surface area contributed by atoms with Crippen molar-refractivity contribution in [1.29, 1.82) is 0 Å². The van der Waals surface area contributed by atoms with Crippen molar-refractivity contribution >= 4 is 39.6 Å². The van der Waals surface area contributed by atoms with E-state index in [0.29, 0.717) is 28.0 Å². The van der Waals surface area contributed by atoms with E-state index in [-0.39, 0.29) is 11.3 Å². The van der Waals surface area contributed by atoms with Gasteiger partial charge in [0.05, 0.1) is 17.0 Å². The highest BCUT2D eigenvalue weighted by molar-refractivity contribution is 7.17. The first kappa shape index (κ1) is 19.7. The van der Waals surface area contributed by atoms with Crippen LogP contribution in [0.3, 0.4) is 0 Å². The van der Waals surface area contributed by atoms with Crippen LogP contribution in [-0.4, -0.2) is 18.5 Å². The summed E-state index contributed by atoms with van der Waals surface area (Å²) in [4.78, 5) is 26.4. The summed E-state index contributed by atoms with van der Waals surface area (Å²) in [6.45, 7) is 10.8. The number of rotatable bonds is 6. The van der Waals surface area contributed by atoms with E-state index in [1.54, 1.807) is 13.0 Å². The van der Waals surface area contributed by atoms with Crippen LogP contribution >= 0.6 is 22.7 Å². The molecule has 2 rings (SSSR count). The molecule has 0 bridgehead atoms. The van der Waals surface area contributed by atoms with Crippen molar-refractivity contribution < 1.29 is 14.3 Å². The van der Waals surface area contributed by atoms with Crippen molar-refractivity contribution in [3.8, 4) is 0 Å². The minimum Gasteiger partial charge on any atom is -0.462 e. The molecule has 0 aromatic carbocycles. The third-order valence-electron chi connectivity index (χ3n) is 3.62. The van der Waals surface area contributed by atoms with E-state index in [1.807, 2.05) is 17.5 Å². The molecule has 0 aliphatic carbocycles. The van der Waals surface area contributed by atoms with Crippen LogP contribution in [0.15, 0.2) is 23.6 Å². The molecule has 25 heavy (non-hydrogen) atoms. The quantitative estimate of drug-likeness (QED) is 0.647. The second-order valence-corrected chi connectivity index (χ2v) is 9.24. The third kappa shape index (κ3) is 5.41. The standard InChI is InChI=1S/C19H25NO3S2/c1-6-23-18(22)13-10-15(12(2)11-19(3,4)5)25-17(13)20-16(21)14-8-7-9-24-14/h7-10,12H,6,11H2,1-5H3,(H,20,21)/t12-/m1/s1. The Morgan fingerprint density at radius 1 is 1.32 bits per heavy atom. The second kappa shape index (κ2) is 8.15. The van der Waals surface area contributed by atoms with Gasteiger partial charge in [-0.1, -0.05) is 33.8 Å². The van der Waals surface area contributed by atoms with Gasteiger partial charge in [0.1, 0.15) is 5.00 Å². The highest BCUT2D eigenvalue weighted by atomic mass is 32.1. The van der Waals surface area contributed by atoms with Gasteiger partial charge in [0, 0.05) is 4.88 Å². The fourth-order valence-electron chi connectivity index (χ4n) is 2.70. The molecular formula is C19H25NO3S2. The number of esters is 1. The zero-order valence-electron chi connectivity index (χ0n) is 15.3. The van der Waals surface area contributed by atoms with Crippen LogP contribution in [0.1, 0.15) is 71.9 Å². The van der Waals surface area contributed by atoms with Crippen LogP contribution in [0.5, 0.6) is 0 Å². The van der Waals surface area contributed by atoms with Gasteiger partial charge in [-0.15, -0.1) is 22.7 Å². The molecule has 0 fully saturated rings. The Balaban J connectivity index is 2.29. The normalized spacial score (nSPS) is 12.7. The summed E-state index contributed by atoms with van der Waals surface area (Å²) in [6.07, 6.45) is 0.994. The zero-order valence-corrected chi connectivity index (χ0v) is 17.0. The molecule has 0 saturated carbocycles. The van der Waals surface area contributed by atoms with Crippen molar-refractivity contribution in [3.05, 3.63) is 38.9 Å². The van der Waals surface area contributed by atoms with Crippen LogP contribution < -0.4 is 5.32 Å². The van der Waals surface area contributed by atoms with Gasteiger partial charge in [0.2, 0.25) is 0 Å². The predicted octanol–water partition coefficient (Wildman–Crippen LogP) is 5.78. The average Bonchev–Trinajstić information content (AvgIpc) is 3.15. The predicted molar refractivity (Wildman–Crippen MR) is 105 cm³/mol. The SMILES string of the molecule is CCOC(=O)c1cc([C@H](C)CC(C)(C)C)sc1NC(=O)c1cccs1. The maximum Gasteiger partial charge on any atom is 0.341 e. The number of carbonyl (C=O) groups is 2. The van der Waals surface area contributed by atoms with E-state index in [4.69, 9.17) is 4.74 Å². The monoisotopic (exact) mass is 379 g/mol. The van der Waals surface area contributed by atoms with Crippen molar-refractivity contribution in [1.82, 2.24) is 0 Å². The lowest BCUT2D eigenvalue weighted by atomic mass is 9.85. The van der Waals surface area contributed by atoms with Gasteiger partial charge in [-0.3, -0.25) is 4.79 Å². The molecule has 0 saturated heterocycles. The number of nitrogens with one attached hydrogen (secondary N) is 1. The van der Waals surface area contributed by atoms with E-state index >= 15 is 0 Å². The minimum atomic E-state index is -0.394. The number of thiophene rings is 2. The molecular weight excluding hydrogens is 354 g/mol. The van der Waals surface area contributed by atoms with Gasteiger partial charge in [-0.2, -0.15) is 0 Å². The van der Waals surface area contributed by atoms with Gasteiger partial charge in [-0.05, 0) is 42.2 Å². The van der Waals surface area contributed by atoms with Gasteiger partial charge in [-0.25, -0.2) is 4.79 Å². The molecule has 6 heteroatoms. The Morgan fingerprint density at radius 3 is 2.60 bits per heavy atom. The topological polar surface area (TPSA) is 55.4 Å². The first-order chi connectivity index (χ1) is 11.7. The second-order valence-electron chi connectivity index (χ2n) is 7.21. The lowest BCUT2D eigenvalue weighted by Crippen LogP contribution is -2.13. The fourth-order valence-corrected chi connectivity index (χ4v) is 4.41. The molecule has 0 aliphatic heterocycles. The number of amides is 1. The molecule has 2 aromatic rings. The van der Waals surface area contributed by atoms with Gasteiger partial charge in [0.25, 0.3) is 5.91 Å². The molecule has 136 valence electrons. The van der Waals surface area contributed by atoms with E-state index in [1.165, 1.54) is 22.7 Å². The Hall–Kier alpha value is -1.66. The number of ether oxygens (including phenoxy) is 1. The van der Waals surface area contributed by atoms with Crippen LogP contribution in [0.4, 0.5) is 5.00 Å². The summed E-state index contributed by atoms with van der Waals surface area (Å²) in [6, 6.07) is 5.46. The number of anilines is 1. The van der Waals surface area contributed by atoms with Crippen LogP contribution in [0, 0.1) is 5.41 Å². The number of hydrogen-bond donors (Lipinski definition) is 1. The maximum absolute atomic E-state index is 12.4. The number of hydrogen-bond acceptors (Lipinski definition) is 5. The summed E-state index contributed by atoms with van der Waals surface area (Å²) < 4.78 is 5.15. The molecule has 1 amide bonds. The summed E-state index contributed by atoms with van der Waals surface area (Å²) in [5.74, 6) is -0.294. The maximum atomic E-state index is 12.4. The first-order valence-electron chi connectivity index (χ1n) is 8.37. The molecule has 1 N–H and O–H groups in total. The van der Waals surface area contributed by atoms with Crippen molar-refractivity contribution in [3.63, 3.8) is 0 Å². The van der Waals surface area contributed by atoms with E-state index < -0.39 is 5.97 Å². The Kier molecular flexibility index (Phi) is 6.41. The smallest absolute Gasteiger partial charge is 0.341 e. The molecule has 0 radical (unpaired) electrons. The highest BCUT2D eigenvalue weighted by Gasteiger charge is 2.24. The third-order valence-corrected chi connectivity index (χ3v) is 5.77. The zero-order chi connectivity index (χ0) is 18.6. The molecule has 0 spiro atoms. The minimum absolute atomic E-state index is 0.188. The van der Waals surface area contributed by atoms with Crippen LogP contribution in [-0.2, 0) is 4.74 Å². The van der Waals surface area contributed by atoms with Gasteiger partial charge < -0.3 is 10.1 Å². The van der Waals surface area contributed by atoms with Gasteiger partial charge >= 0.3 is 5.97 Å². The van der Waals surface area contributed by atoms with Crippen molar-refractivity contribution in [2.75, 3.05) is 11.9 Å². The molecule has 0 aliphatic rings. The van der Waals surface area contributed by atoms with Crippen LogP contribution in [0.25, 0.3) is 0 Å². The molecule has 2 heterocycles. The van der Waals surface area contributed by atoms with E-state index in [2.05, 4.69) is 33.0 Å². The summed E-state index contributed by atoms with van der Waals surface area (Å²) in [5.41, 5.74) is 0.626. The summed E-state index contributed by atoms with van der Waals surface area (Å²) in [5, 5.41) is 5.30. The Morgan fingerprint density at radius 2 is 2.04 bits per heavy atom. The highest BCUT2D eigenvalue weighted by Crippen LogP contribution is 2.38. The van der Waals surface area contributed by atoms with E-state index in [9.17, 15) is 9.59 Å². The van der Waals surface area contributed by atoms with E-state index in [0.717, 1.165) is 11.3 Å². The van der Waals surface area contributed by atoms with Gasteiger partial charge in [0.15, 0.2) is 0 Å². The summed E-state index contributed by atoms with van der Waals surface area (Å²) >= 11 is 2.83. The molecule has 4 nitrogen and oxygen atoms in total. The van der Waals surface area contributed by atoms with Crippen molar-refractivity contribution in [2.45, 2.75) is 47.0 Å². The Labute approximate surface area is 157 Å². The molecule has 1 atom stereocenters. The van der Waals surface area contributed by atoms with Crippen molar-refractivity contribution in [2.24, 2.45) is 5.41 Å². The lowest BCUT2D eigenvalue weighted by Gasteiger charge is -2.22. The average molecular weight is 380 g/mol. The molecule has 0 unspecified atom stereocenters. The lowest BCUT2D eigenvalue weighted by molar-refractivity contribution is 0.0528.